The fraction of sp³-hybridized carbons (Fsp3) is 0.231. The molecule has 2 N–H and O–H groups in total. The number of methoxy groups -OCH3 is 1. The van der Waals surface area contributed by atoms with Crippen LogP contribution in [0.2, 0.25) is 0 Å². The Labute approximate surface area is 206 Å². The van der Waals surface area contributed by atoms with Crippen molar-refractivity contribution in [3.63, 3.8) is 0 Å². The van der Waals surface area contributed by atoms with Crippen LogP contribution in [0.15, 0.2) is 83.8 Å². The number of sulfonamides is 1. The van der Waals surface area contributed by atoms with Gasteiger partial charge >= 0.3 is 0 Å². The number of ether oxygens (including phenoxy) is 1. The van der Waals surface area contributed by atoms with Gasteiger partial charge in [0.1, 0.15) is 6.54 Å². The highest BCUT2D eigenvalue weighted by Crippen LogP contribution is 2.24. The van der Waals surface area contributed by atoms with Crippen LogP contribution in [0.1, 0.15) is 22.3 Å². The lowest BCUT2D eigenvalue weighted by Gasteiger charge is -2.24. The molecule has 8 nitrogen and oxygen atoms in total. The average molecular weight is 496 g/mol. The van der Waals surface area contributed by atoms with Crippen molar-refractivity contribution in [1.82, 2.24) is 5.32 Å². The summed E-state index contributed by atoms with van der Waals surface area (Å²) in [6, 6.07) is 21.4. The van der Waals surface area contributed by atoms with Crippen molar-refractivity contribution in [3.8, 4) is 0 Å². The first kappa shape index (κ1) is 25.9. The monoisotopic (exact) mass is 495 g/mol. The topological polar surface area (TPSA) is 105 Å². The number of hydrogen-bond acceptors (Lipinski definition) is 5. The molecule has 0 spiro atoms. The second-order valence-corrected chi connectivity index (χ2v) is 9.72. The van der Waals surface area contributed by atoms with Gasteiger partial charge in [-0.05, 0) is 49.7 Å². The quantitative estimate of drug-likeness (QED) is 0.396. The van der Waals surface area contributed by atoms with Gasteiger partial charge in [-0.2, -0.15) is 0 Å². The third-order valence-corrected chi connectivity index (χ3v) is 6.99. The van der Waals surface area contributed by atoms with Gasteiger partial charge in [-0.3, -0.25) is 13.9 Å². The van der Waals surface area contributed by atoms with Crippen molar-refractivity contribution in [2.24, 2.45) is 0 Å². The molecule has 0 aliphatic carbocycles. The van der Waals surface area contributed by atoms with Crippen LogP contribution < -0.4 is 14.9 Å². The largest absolute Gasteiger partial charge is 0.385 e. The summed E-state index contributed by atoms with van der Waals surface area (Å²) in [6.45, 7) is 2.34. The predicted octanol–water partition coefficient (Wildman–Crippen LogP) is 3.60. The van der Waals surface area contributed by atoms with Gasteiger partial charge in [-0.25, -0.2) is 8.42 Å². The molecular weight excluding hydrogens is 466 g/mol. The van der Waals surface area contributed by atoms with Crippen molar-refractivity contribution in [2.75, 3.05) is 36.4 Å². The fourth-order valence-corrected chi connectivity index (χ4v) is 4.79. The fourth-order valence-electron chi connectivity index (χ4n) is 3.37. The highest BCUT2D eigenvalue weighted by molar-refractivity contribution is 7.92. The van der Waals surface area contributed by atoms with Crippen molar-refractivity contribution in [3.05, 3.63) is 90.0 Å². The summed E-state index contributed by atoms with van der Waals surface area (Å²) in [4.78, 5) is 25.7. The maximum atomic E-state index is 13.5. The molecule has 184 valence electrons. The summed E-state index contributed by atoms with van der Waals surface area (Å²) in [6.07, 6.45) is 0.652. The molecule has 0 unspecified atom stereocenters. The number of nitrogens with zero attached hydrogens (tertiary/aromatic N) is 1. The minimum atomic E-state index is -4.02. The van der Waals surface area contributed by atoms with Crippen LogP contribution in [0.4, 0.5) is 11.4 Å². The average Bonchev–Trinajstić information content (AvgIpc) is 2.86. The summed E-state index contributed by atoms with van der Waals surface area (Å²) >= 11 is 0. The first-order valence-corrected chi connectivity index (χ1v) is 12.6. The molecule has 0 heterocycles. The Hall–Kier alpha value is -3.69. The number of anilines is 2. The Bertz CT molecular complexity index is 1250. The van der Waals surface area contributed by atoms with Crippen molar-refractivity contribution in [1.29, 1.82) is 0 Å². The van der Waals surface area contributed by atoms with Gasteiger partial charge in [-0.15, -0.1) is 0 Å². The van der Waals surface area contributed by atoms with Crippen LogP contribution in [-0.4, -0.2) is 47.0 Å². The van der Waals surface area contributed by atoms with Crippen molar-refractivity contribution < 1.29 is 22.7 Å². The zero-order valence-corrected chi connectivity index (χ0v) is 20.5. The number of carbonyl (C=O) groups is 2. The highest BCUT2D eigenvalue weighted by Gasteiger charge is 2.27. The minimum absolute atomic E-state index is 0.0792. The smallest absolute Gasteiger partial charge is 0.264 e. The molecule has 3 rings (SSSR count). The molecule has 0 saturated heterocycles. The van der Waals surface area contributed by atoms with Gasteiger partial charge in [0.05, 0.1) is 21.8 Å². The molecule has 3 aromatic rings. The Morgan fingerprint density at radius 1 is 0.914 bits per heavy atom. The summed E-state index contributed by atoms with van der Waals surface area (Å²) < 4.78 is 32.9. The van der Waals surface area contributed by atoms with E-state index in [1.807, 2.05) is 6.92 Å². The predicted molar refractivity (Wildman–Crippen MR) is 136 cm³/mol. The number of nitrogens with one attached hydrogen (secondary N) is 2. The zero-order chi connectivity index (χ0) is 25.3. The lowest BCUT2D eigenvalue weighted by atomic mass is 10.1. The van der Waals surface area contributed by atoms with Gasteiger partial charge in [-0.1, -0.05) is 48.0 Å². The van der Waals surface area contributed by atoms with E-state index < -0.39 is 22.5 Å². The zero-order valence-electron chi connectivity index (χ0n) is 19.7. The van der Waals surface area contributed by atoms with Gasteiger partial charge in [0, 0.05) is 20.3 Å². The Kier molecular flexibility index (Phi) is 8.99. The maximum Gasteiger partial charge on any atom is 0.264 e. The third-order valence-electron chi connectivity index (χ3n) is 5.20. The summed E-state index contributed by atoms with van der Waals surface area (Å²) in [5, 5.41) is 5.48. The molecule has 0 fully saturated rings. The van der Waals surface area contributed by atoms with E-state index in [0.29, 0.717) is 30.9 Å². The maximum absolute atomic E-state index is 13.5. The minimum Gasteiger partial charge on any atom is -0.385 e. The summed E-state index contributed by atoms with van der Waals surface area (Å²) in [7, 11) is -2.43. The SMILES string of the molecule is COCCCNC(=O)c1ccccc1NC(=O)CN(c1ccccc1)S(=O)(=O)c1ccc(C)cc1. The first-order valence-electron chi connectivity index (χ1n) is 11.1. The Balaban J connectivity index is 1.82. The van der Waals surface area contributed by atoms with E-state index in [4.69, 9.17) is 4.74 Å². The van der Waals surface area contributed by atoms with Crippen LogP contribution in [0.25, 0.3) is 0 Å². The number of hydrogen-bond donors (Lipinski definition) is 2. The van der Waals surface area contributed by atoms with E-state index >= 15 is 0 Å². The van der Waals surface area contributed by atoms with Crippen molar-refractivity contribution >= 4 is 33.2 Å². The van der Waals surface area contributed by atoms with Gasteiger partial charge in [0.2, 0.25) is 5.91 Å². The molecule has 0 aromatic heterocycles. The molecule has 2 amide bonds. The van der Waals surface area contributed by atoms with Gasteiger partial charge < -0.3 is 15.4 Å². The van der Waals surface area contributed by atoms with Crippen molar-refractivity contribution in [2.45, 2.75) is 18.2 Å². The van der Waals surface area contributed by atoms with Crippen LogP contribution >= 0.6 is 0 Å². The number of carbonyl (C=O) groups excluding carboxylic acids is 2. The molecule has 0 radical (unpaired) electrons. The van der Waals surface area contributed by atoms with E-state index in [1.54, 1.807) is 73.8 Å². The second kappa shape index (κ2) is 12.1. The summed E-state index contributed by atoms with van der Waals surface area (Å²) in [5.74, 6) is -0.923. The number of para-hydroxylation sites is 2. The number of amides is 2. The molecule has 0 aliphatic rings. The van der Waals surface area contributed by atoms with Gasteiger partial charge in [0.25, 0.3) is 15.9 Å². The number of benzene rings is 3. The lowest BCUT2D eigenvalue weighted by Crippen LogP contribution is -2.38. The van der Waals surface area contributed by atoms with Crippen LogP contribution in [-0.2, 0) is 19.6 Å². The molecule has 0 aliphatic heterocycles. The van der Waals surface area contributed by atoms with E-state index in [1.165, 1.54) is 12.1 Å². The molecule has 3 aromatic carbocycles. The second-order valence-electron chi connectivity index (χ2n) is 7.86. The molecule has 9 heteroatoms. The number of rotatable bonds is 11. The third kappa shape index (κ3) is 6.91. The normalized spacial score (nSPS) is 11.0. The number of aryl methyl sites for hydroxylation is 1. The standard InChI is InChI=1S/C26H29N3O5S/c1-20-13-15-22(16-14-20)35(32,33)29(21-9-4-3-5-10-21)19-25(30)28-24-12-7-6-11-23(24)26(31)27-17-8-18-34-2/h3-7,9-16H,8,17-19H2,1-2H3,(H,27,31)(H,28,30). The van der Waals surface area contributed by atoms with E-state index in [0.717, 1.165) is 9.87 Å². The Morgan fingerprint density at radius 3 is 2.26 bits per heavy atom. The molecule has 0 atom stereocenters. The van der Waals surface area contributed by atoms with E-state index in [-0.39, 0.29) is 16.4 Å². The van der Waals surface area contributed by atoms with E-state index in [9.17, 15) is 18.0 Å². The van der Waals surface area contributed by atoms with Crippen LogP contribution in [0, 0.1) is 6.92 Å². The van der Waals surface area contributed by atoms with E-state index in [2.05, 4.69) is 10.6 Å². The summed E-state index contributed by atoms with van der Waals surface area (Å²) in [5.41, 5.74) is 1.85. The van der Waals surface area contributed by atoms with Crippen LogP contribution in [0.3, 0.4) is 0 Å². The van der Waals surface area contributed by atoms with Crippen LogP contribution in [0.5, 0.6) is 0 Å². The Morgan fingerprint density at radius 2 is 1.57 bits per heavy atom. The first-order chi connectivity index (χ1) is 16.8. The molecule has 35 heavy (non-hydrogen) atoms. The molecular formula is C26H29N3O5S. The lowest BCUT2D eigenvalue weighted by molar-refractivity contribution is -0.114. The molecule has 0 bridgehead atoms. The van der Waals surface area contributed by atoms with Gasteiger partial charge in [0.15, 0.2) is 0 Å². The highest BCUT2D eigenvalue weighted by atomic mass is 32.2. The molecule has 0 saturated carbocycles.